The number of likely N-dealkylation sites (tertiary alicyclic amines) is 1. The Hall–Kier alpha value is -1.59. The van der Waals surface area contributed by atoms with E-state index in [2.05, 4.69) is 22.3 Å². The molecule has 106 valence electrons. The summed E-state index contributed by atoms with van der Waals surface area (Å²) >= 11 is 5.90. The number of anilines is 1. The van der Waals surface area contributed by atoms with E-state index in [-0.39, 0.29) is 17.9 Å². The van der Waals surface area contributed by atoms with Crippen LogP contribution in [0, 0.1) is 5.92 Å². The molecule has 0 radical (unpaired) electrons. The molecular weight excluding hydrogens is 278 g/mol. The largest absolute Gasteiger partial charge is 0.390 e. The minimum absolute atomic E-state index is 0.00932. The summed E-state index contributed by atoms with van der Waals surface area (Å²) in [5.41, 5.74) is 1.14. The summed E-state index contributed by atoms with van der Waals surface area (Å²) in [6, 6.07) is 7.06. The molecule has 1 fully saturated rings. The summed E-state index contributed by atoms with van der Waals surface area (Å²) in [5, 5.41) is 7.36. The van der Waals surface area contributed by atoms with Crippen LogP contribution in [0.15, 0.2) is 29.4 Å². The van der Waals surface area contributed by atoms with Gasteiger partial charge in [-0.2, -0.15) is 0 Å². The normalized spacial score (nSPS) is 25.0. The van der Waals surface area contributed by atoms with Crippen LogP contribution in [-0.2, 0) is 9.63 Å². The van der Waals surface area contributed by atoms with Crippen molar-refractivity contribution in [1.29, 1.82) is 0 Å². The second-order valence-electron chi connectivity index (χ2n) is 5.04. The molecule has 2 aliphatic rings. The van der Waals surface area contributed by atoms with Crippen LogP contribution < -0.4 is 5.32 Å². The summed E-state index contributed by atoms with van der Waals surface area (Å²) in [5.74, 6) is -0.146. The molecule has 1 aromatic rings. The maximum Gasteiger partial charge on any atom is 0.273 e. The van der Waals surface area contributed by atoms with E-state index < -0.39 is 0 Å². The van der Waals surface area contributed by atoms with Gasteiger partial charge in [0.1, 0.15) is 6.10 Å². The van der Waals surface area contributed by atoms with Crippen LogP contribution in [0.1, 0.15) is 6.92 Å². The molecule has 5 nitrogen and oxygen atoms in total. The molecule has 0 aromatic heterocycles. The quantitative estimate of drug-likeness (QED) is 0.927. The van der Waals surface area contributed by atoms with Crippen molar-refractivity contribution < 1.29 is 9.63 Å². The Balaban J connectivity index is 1.69. The molecule has 1 saturated heterocycles. The van der Waals surface area contributed by atoms with Gasteiger partial charge in [-0.1, -0.05) is 29.7 Å². The van der Waals surface area contributed by atoms with Gasteiger partial charge >= 0.3 is 0 Å². The van der Waals surface area contributed by atoms with Crippen LogP contribution in [0.5, 0.6) is 0 Å². The lowest BCUT2D eigenvalue weighted by atomic mass is 10.0. The van der Waals surface area contributed by atoms with Crippen molar-refractivity contribution in [2.45, 2.75) is 13.0 Å². The Bertz CT molecular complexity index is 561. The standard InChI is InChI=1S/C14H16ClN3O2/c1-2-18-7-11-12(8-18)20-17-13(11)14(19)16-10-5-3-4-9(15)6-10/h3-6,11-12H,2,7-8H2,1H3,(H,16,19)/t11-,12+/m0/s1. The van der Waals surface area contributed by atoms with Crippen molar-refractivity contribution in [3.05, 3.63) is 29.3 Å². The number of nitrogens with zero attached hydrogens (tertiary/aromatic N) is 2. The molecule has 1 amide bonds. The highest BCUT2D eigenvalue weighted by atomic mass is 35.5. The molecular formula is C14H16ClN3O2. The molecule has 2 aliphatic heterocycles. The number of carbonyl (C=O) groups excluding carboxylic acids is 1. The van der Waals surface area contributed by atoms with Gasteiger partial charge < -0.3 is 10.2 Å². The van der Waals surface area contributed by atoms with Crippen molar-refractivity contribution in [3.8, 4) is 0 Å². The minimum atomic E-state index is -0.210. The summed E-state index contributed by atoms with van der Waals surface area (Å²) in [6.07, 6.45) is 0.00932. The number of amides is 1. The summed E-state index contributed by atoms with van der Waals surface area (Å²) in [7, 11) is 0. The van der Waals surface area contributed by atoms with Crippen molar-refractivity contribution in [3.63, 3.8) is 0 Å². The first-order valence-corrected chi connectivity index (χ1v) is 7.08. The number of halogens is 1. The Morgan fingerprint density at radius 1 is 1.55 bits per heavy atom. The van der Waals surface area contributed by atoms with E-state index in [1.165, 1.54) is 0 Å². The van der Waals surface area contributed by atoms with E-state index in [0.29, 0.717) is 16.4 Å². The van der Waals surface area contributed by atoms with Crippen LogP contribution in [0.2, 0.25) is 5.02 Å². The molecule has 0 unspecified atom stereocenters. The van der Waals surface area contributed by atoms with Crippen LogP contribution in [0.3, 0.4) is 0 Å². The van der Waals surface area contributed by atoms with Gasteiger partial charge in [-0.3, -0.25) is 9.69 Å². The van der Waals surface area contributed by atoms with Gasteiger partial charge in [0.25, 0.3) is 5.91 Å². The van der Waals surface area contributed by atoms with Gasteiger partial charge in [-0.15, -0.1) is 0 Å². The molecule has 0 saturated carbocycles. The number of hydrogen-bond donors (Lipinski definition) is 1. The lowest BCUT2D eigenvalue weighted by Crippen LogP contribution is -2.32. The monoisotopic (exact) mass is 293 g/mol. The number of rotatable bonds is 3. The highest BCUT2D eigenvalue weighted by Gasteiger charge is 2.44. The van der Waals surface area contributed by atoms with E-state index in [1.54, 1.807) is 24.3 Å². The average Bonchev–Trinajstić information content (AvgIpc) is 2.97. The van der Waals surface area contributed by atoms with Crippen LogP contribution in [-0.4, -0.2) is 42.3 Å². The number of oxime groups is 1. The Kier molecular flexibility index (Phi) is 3.63. The molecule has 6 heteroatoms. The zero-order valence-corrected chi connectivity index (χ0v) is 11.9. The minimum Gasteiger partial charge on any atom is -0.390 e. The van der Waals surface area contributed by atoms with E-state index in [1.807, 2.05) is 0 Å². The van der Waals surface area contributed by atoms with Gasteiger partial charge in [0.15, 0.2) is 5.71 Å². The van der Waals surface area contributed by atoms with E-state index >= 15 is 0 Å². The lowest BCUT2D eigenvalue weighted by Gasteiger charge is -2.12. The van der Waals surface area contributed by atoms with Crippen molar-refractivity contribution in [2.75, 3.05) is 25.0 Å². The number of likely N-dealkylation sites (N-methyl/N-ethyl adjacent to an activating group) is 1. The highest BCUT2D eigenvalue weighted by Crippen LogP contribution is 2.27. The first-order valence-electron chi connectivity index (χ1n) is 6.70. The van der Waals surface area contributed by atoms with Gasteiger partial charge in [0.05, 0.1) is 5.92 Å². The third-order valence-corrected chi connectivity index (χ3v) is 3.98. The summed E-state index contributed by atoms with van der Waals surface area (Å²) < 4.78 is 0. The summed E-state index contributed by atoms with van der Waals surface area (Å²) in [6.45, 7) is 4.71. The fourth-order valence-electron chi connectivity index (χ4n) is 2.64. The second kappa shape index (κ2) is 5.42. The number of hydrogen-bond acceptors (Lipinski definition) is 4. The molecule has 2 atom stereocenters. The second-order valence-corrected chi connectivity index (χ2v) is 5.48. The van der Waals surface area contributed by atoms with Gasteiger partial charge in [-0.05, 0) is 24.7 Å². The molecule has 2 heterocycles. The molecule has 0 aliphatic carbocycles. The molecule has 1 N–H and O–H groups in total. The topological polar surface area (TPSA) is 53.9 Å². The zero-order chi connectivity index (χ0) is 14.1. The Labute approximate surface area is 122 Å². The third kappa shape index (κ3) is 2.51. The third-order valence-electron chi connectivity index (χ3n) is 3.74. The number of benzene rings is 1. The van der Waals surface area contributed by atoms with Gasteiger partial charge in [-0.25, -0.2) is 0 Å². The van der Waals surface area contributed by atoms with E-state index in [4.69, 9.17) is 16.4 Å². The van der Waals surface area contributed by atoms with Crippen molar-refractivity contribution in [1.82, 2.24) is 4.90 Å². The molecule has 1 aromatic carbocycles. The van der Waals surface area contributed by atoms with Crippen LogP contribution in [0.25, 0.3) is 0 Å². The van der Waals surface area contributed by atoms with Crippen LogP contribution >= 0.6 is 11.6 Å². The van der Waals surface area contributed by atoms with Crippen LogP contribution in [0.4, 0.5) is 5.69 Å². The van der Waals surface area contributed by atoms with Gasteiger partial charge in [0.2, 0.25) is 0 Å². The highest BCUT2D eigenvalue weighted by molar-refractivity contribution is 6.44. The predicted molar refractivity (Wildman–Crippen MR) is 78.0 cm³/mol. The average molecular weight is 294 g/mol. The van der Waals surface area contributed by atoms with E-state index in [0.717, 1.165) is 19.6 Å². The molecule has 0 bridgehead atoms. The maximum atomic E-state index is 12.3. The van der Waals surface area contributed by atoms with Crippen molar-refractivity contribution >= 4 is 28.9 Å². The van der Waals surface area contributed by atoms with Crippen molar-refractivity contribution in [2.24, 2.45) is 11.1 Å². The fourth-order valence-corrected chi connectivity index (χ4v) is 2.83. The first kappa shape index (κ1) is 13.4. The van der Waals surface area contributed by atoms with Gasteiger partial charge in [0, 0.05) is 23.8 Å². The number of carbonyl (C=O) groups is 1. The smallest absolute Gasteiger partial charge is 0.273 e. The van der Waals surface area contributed by atoms with E-state index in [9.17, 15) is 4.79 Å². The first-order chi connectivity index (χ1) is 9.67. The predicted octanol–water partition coefficient (Wildman–Crippen LogP) is 1.98. The number of fused-ring (bicyclic) bond motifs is 1. The Morgan fingerprint density at radius 3 is 3.15 bits per heavy atom. The number of nitrogens with one attached hydrogen (secondary N) is 1. The Morgan fingerprint density at radius 2 is 2.40 bits per heavy atom. The fraction of sp³-hybridized carbons (Fsp3) is 0.429. The molecule has 20 heavy (non-hydrogen) atoms. The SMILES string of the molecule is CCN1C[C@@H]2C(C(=O)Nc3cccc(Cl)c3)=NO[C@@H]2C1. The molecule has 0 spiro atoms. The lowest BCUT2D eigenvalue weighted by molar-refractivity contribution is -0.110. The summed E-state index contributed by atoms with van der Waals surface area (Å²) in [4.78, 5) is 19.9. The zero-order valence-electron chi connectivity index (χ0n) is 11.2. The molecule has 3 rings (SSSR count). The maximum absolute atomic E-state index is 12.3.